The zero-order chi connectivity index (χ0) is 15.1. The summed E-state index contributed by atoms with van der Waals surface area (Å²) in [6.45, 7) is 14.9. The molecule has 108 valence electrons. The van der Waals surface area contributed by atoms with E-state index in [0.29, 0.717) is 8.87 Å². The molecule has 0 radical (unpaired) electrons. The van der Waals surface area contributed by atoms with E-state index in [1.807, 2.05) is 13.8 Å². The van der Waals surface area contributed by atoms with Gasteiger partial charge in [-0.05, 0) is 0 Å². The predicted molar refractivity (Wildman–Crippen MR) is 77.8 cm³/mol. The van der Waals surface area contributed by atoms with Crippen molar-refractivity contribution in [1.29, 1.82) is 0 Å². The van der Waals surface area contributed by atoms with Crippen molar-refractivity contribution >= 4 is 31.1 Å². The van der Waals surface area contributed by atoms with E-state index in [-0.39, 0.29) is 24.8 Å². The summed E-state index contributed by atoms with van der Waals surface area (Å²) in [7, 11) is 0. The topological polar surface area (TPSA) is 52.6 Å². The van der Waals surface area contributed by atoms with Crippen LogP contribution in [0, 0.1) is 0 Å². The van der Waals surface area contributed by atoms with Crippen molar-refractivity contribution in [2.45, 2.75) is 49.4 Å². The van der Waals surface area contributed by atoms with Crippen LogP contribution in [0.1, 0.15) is 40.5 Å². The van der Waals surface area contributed by atoms with E-state index in [2.05, 4.69) is 13.2 Å². The van der Waals surface area contributed by atoms with Crippen LogP contribution in [0.15, 0.2) is 24.3 Å². The predicted octanol–water partition coefficient (Wildman–Crippen LogP) is 3.49. The maximum absolute atomic E-state index is 11.6. The summed E-state index contributed by atoms with van der Waals surface area (Å²) in [6, 6.07) is 0. The minimum absolute atomic E-state index is 0.273. The molecule has 0 aliphatic carbocycles. The Kier molecular flexibility index (Phi) is 8.06. The summed E-state index contributed by atoms with van der Waals surface area (Å²) >= 11 is -3.85. The van der Waals surface area contributed by atoms with Gasteiger partial charge in [0.05, 0.1) is 0 Å². The van der Waals surface area contributed by atoms with Crippen LogP contribution in [0.5, 0.6) is 0 Å². The first-order chi connectivity index (χ1) is 8.74. The average Bonchev–Trinajstić information content (AvgIpc) is 2.26. The van der Waals surface area contributed by atoms with Gasteiger partial charge in [-0.15, -0.1) is 0 Å². The minimum atomic E-state index is -3.85. The molecule has 0 aliphatic rings. The van der Waals surface area contributed by atoms with Crippen LogP contribution >= 0.6 is 0 Å². The molecule has 0 aliphatic heterocycles. The normalized spacial score (nSPS) is 10.7. The molecule has 0 aromatic rings. The van der Waals surface area contributed by atoms with Crippen LogP contribution in [-0.2, 0) is 15.7 Å². The second kappa shape index (κ2) is 8.40. The van der Waals surface area contributed by atoms with Gasteiger partial charge in [-0.3, -0.25) is 0 Å². The van der Waals surface area contributed by atoms with E-state index in [9.17, 15) is 9.59 Å². The molecule has 4 nitrogen and oxygen atoms in total. The molecule has 0 heterocycles. The molecule has 0 fully saturated rings. The Bertz CT molecular complexity index is 338. The molecule has 5 heteroatoms. The van der Waals surface area contributed by atoms with Gasteiger partial charge in [-0.1, -0.05) is 0 Å². The standard InChI is InChI=1S/2C4H7.2C3H6O2.Sn/c2*1-4(2)3;2*1-2-3(4)5;/h2*1-2H2,3H3;2*2H2,1H3,(H,4,5);/q;;;;+2/p-2. The SMILES string of the molecule is C=C(C)[CH2][Sn]([CH2]C(=C)C)([O]C(=O)CC)[O]C(=O)CC. The first-order valence-electron chi connectivity index (χ1n) is 6.47. The molecule has 0 atom stereocenters. The van der Waals surface area contributed by atoms with Gasteiger partial charge in [-0.25, -0.2) is 0 Å². The molecule has 0 saturated carbocycles. The third-order valence-electron chi connectivity index (χ3n) is 2.32. The molecular formula is C14H24O4Sn. The fourth-order valence-electron chi connectivity index (χ4n) is 1.71. The van der Waals surface area contributed by atoms with Crippen LogP contribution in [-0.4, -0.2) is 31.1 Å². The zero-order valence-corrected chi connectivity index (χ0v) is 15.2. The van der Waals surface area contributed by atoms with Gasteiger partial charge < -0.3 is 0 Å². The van der Waals surface area contributed by atoms with Gasteiger partial charge in [0, 0.05) is 0 Å². The molecule has 0 bridgehead atoms. The van der Waals surface area contributed by atoms with Crippen molar-refractivity contribution in [1.82, 2.24) is 0 Å². The fraction of sp³-hybridized carbons (Fsp3) is 0.571. The monoisotopic (exact) mass is 376 g/mol. The van der Waals surface area contributed by atoms with Gasteiger partial charge >= 0.3 is 121 Å². The molecule has 0 spiro atoms. The van der Waals surface area contributed by atoms with Crippen molar-refractivity contribution in [3.05, 3.63) is 24.3 Å². The molecule has 0 unspecified atom stereocenters. The summed E-state index contributed by atoms with van der Waals surface area (Å²) in [5.41, 5.74) is 1.73. The van der Waals surface area contributed by atoms with Crippen molar-refractivity contribution < 1.29 is 15.7 Å². The van der Waals surface area contributed by atoms with Gasteiger partial charge in [0.15, 0.2) is 0 Å². The Hall–Kier alpha value is -0.781. The first kappa shape index (κ1) is 18.2. The summed E-state index contributed by atoms with van der Waals surface area (Å²) in [5.74, 6) is -0.635. The number of hydrogen-bond acceptors (Lipinski definition) is 4. The Morgan fingerprint density at radius 2 is 1.21 bits per heavy atom. The van der Waals surface area contributed by atoms with E-state index in [4.69, 9.17) is 6.15 Å². The van der Waals surface area contributed by atoms with E-state index in [1.54, 1.807) is 13.8 Å². The van der Waals surface area contributed by atoms with Crippen LogP contribution in [0.25, 0.3) is 0 Å². The Morgan fingerprint density at radius 1 is 0.895 bits per heavy atom. The van der Waals surface area contributed by atoms with E-state index >= 15 is 0 Å². The summed E-state index contributed by atoms with van der Waals surface area (Å²) in [6.07, 6.45) is 0.545. The number of allylic oxidation sites excluding steroid dienone is 2. The molecule has 0 rings (SSSR count). The van der Waals surface area contributed by atoms with Gasteiger partial charge in [0.1, 0.15) is 0 Å². The van der Waals surface area contributed by atoms with Gasteiger partial charge in [0.25, 0.3) is 0 Å². The van der Waals surface area contributed by atoms with Crippen molar-refractivity contribution in [2.24, 2.45) is 0 Å². The number of hydrogen-bond donors (Lipinski definition) is 0. The Morgan fingerprint density at radius 3 is 1.42 bits per heavy atom. The van der Waals surface area contributed by atoms with Gasteiger partial charge in [0.2, 0.25) is 0 Å². The molecule has 0 N–H and O–H groups in total. The van der Waals surface area contributed by atoms with E-state index < -0.39 is 19.2 Å². The zero-order valence-electron chi connectivity index (χ0n) is 12.4. The molecule has 0 aromatic heterocycles. The van der Waals surface area contributed by atoms with Crippen LogP contribution in [0.2, 0.25) is 8.87 Å². The second-order valence-electron chi connectivity index (χ2n) is 4.83. The maximum atomic E-state index is 11.6. The van der Waals surface area contributed by atoms with Crippen LogP contribution < -0.4 is 0 Å². The first-order valence-corrected chi connectivity index (χ1v) is 12.8. The Labute approximate surface area is 120 Å². The Balaban J connectivity index is 5.28. The number of carbonyl (C=O) groups is 2. The molecule has 0 saturated heterocycles. The summed E-state index contributed by atoms with van der Waals surface area (Å²) < 4.78 is 12.1. The van der Waals surface area contributed by atoms with Crippen molar-refractivity contribution in [2.75, 3.05) is 0 Å². The van der Waals surface area contributed by atoms with Crippen molar-refractivity contribution in [3.8, 4) is 0 Å². The van der Waals surface area contributed by atoms with Crippen molar-refractivity contribution in [3.63, 3.8) is 0 Å². The molecule has 0 amide bonds. The fourth-order valence-corrected chi connectivity index (χ4v) is 11.4. The average molecular weight is 375 g/mol. The second-order valence-corrected chi connectivity index (χ2v) is 13.2. The van der Waals surface area contributed by atoms with E-state index in [0.717, 1.165) is 11.1 Å². The number of carbonyl (C=O) groups excluding carboxylic acids is 2. The van der Waals surface area contributed by atoms with E-state index in [1.165, 1.54) is 0 Å². The third-order valence-corrected chi connectivity index (χ3v) is 12.3. The number of rotatable bonds is 8. The summed E-state index contributed by atoms with van der Waals surface area (Å²) in [5, 5.41) is 0. The van der Waals surface area contributed by atoms with Crippen LogP contribution in [0.4, 0.5) is 0 Å². The summed E-state index contributed by atoms with van der Waals surface area (Å²) in [4.78, 5) is 23.3. The van der Waals surface area contributed by atoms with Crippen LogP contribution in [0.3, 0.4) is 0 Å². The van der Waals surface area contributed by atoms with Gasteiger partial charge in [-0.2, -0.15) is 0 Å². The third kappa shape index (κ3) is 7.40. The molecule has 19 heavy (non-hydrogen) atoms. The quantitative estimate of drug-likeness (QED) is 0.482. The molecule has 0 aromatic carbocycles. The molecular weight excluding hydrogens is 351 g/mol.